The normalized spacial score (nSPS) is 9.93. The average Bonchev–Trinajstić information content (AvgIpc) is 2.58. The van der Waals surface area contributed by atoms with Crippen molar-refractivity contribution < 1.29 is 14.3 Å². The largest absolute Gasteiger partial charge is 0.478 e. The molecule has 0 saturated heterocycles. The van der Waals surface area contributed by atoms with Gasteiger partial charge in [-0.2, -0.15) is 10.2 Å². The topological polar surface area (TPSA) is 87.1 Å². The number of aromatic carboxylic acids is 1. The van der Waals surface area contributed by atoms with Crippen molar-refractivity contribution in [2.75, 3.05) is 0 Å². The SMILES string of the molecule is N#Cc1nc2cc(C(=O)O)ccc2o1. The maximum Gasteiger partial charge on any atom is 0.335 e. The molecule has 1 aromatic carbocycles. The molecule has 5 heteroatoms. The number of hydrogen-bond donors (Lipinski definition) is 1. The highest BCUT2D eigenvalue weighted by atomic mass is 16.4. The molecule has 0 amide bonds. The molecule has 0 aliphatic carbocycles. The Hall–Kier alpha value is -2.35. The molecule has 1 aromatic heterocycles. The second-order valence-electron chi connectivity index (χ2n) is 2.62. The fourth-order valence-electron chi connectivity index (χ4n) is 1.11. The van der Waals surface area contributed by atoms with Gasteiger partial charge in [-0.15, -0.1) is 0 Å². The molecule has 2 rings (SSSR count). The standard InChI is InChI=1S/C9H4N2O3/c10-4-8-11-6-3-5(9(12)13)1-2-7(6)14-8/h1-3H,(H,12,13). The fourth-order valence-corrected chi connectivity index (χ4v) is 1.11. The Morgan fingerprint density at radius 1 is 1.57 bits per heavy atom. The minimum absolute atomic E-state index is 0.0671. The highest BCUT2D eigenvalue weighted by Crippen LogP contribution is 2.16. The number of oxazole rings is 1. The van der Waals surface area contributed by atoms with Crippen molar-refractivity contribution >= 4 is 17.1 Å². The molecule has 0 fully saturated rings. The molecule has 68 valence electrons. The molecule has 0 radical (unpaired) electrons. The lowest BCUT2D eigenvalue weighted by Gasteiger charge is -1.90. The first-order valence-corrected chi connectivity index (χ1v) is 3.74. The van der Waals surface area contributed by atoms with Gasteiger partial charge in [0.1, 0.15) is 5.52 Å². The van der Waals surface area contributed by atoms with Gasteiger partial charge in [0.25, 0.3) is 0 Å². The lowest BCUT2D eigenvalue weighted by Crippen LogP contribution is -1.94. The zero-order chi connectivity index (χ0) is 10.1. The number of hydrogen-bond acceptors (Lipinski definition) is 4. The molecule has 0 aliphatic heterocycles. The predicted molar refractivity (Wildman–Crippen MR) is 45.7 cm³/mol. The molecule has 1 N–H and O–H groups in total. The van der Waals surface area contributed by atoms with Gasteiger partial charge < -0.3 is 9.52 Å². The van der Waals surface area contributed by atoms with Crippen molar-refractivity contribution in [2.45, 2.75) is 0 Å². The molecule has 0 saturated carbocycles. The first-order chi connectivity index (χ1) is 6.70. The zero-order valence-electron chi connectivity index (χ0n) is 6.89. The van der Waals surface area contributed by atoms with Crippen LogP contribution in [0.2, 0.25) is 0 Å². The summed E-state index contributed by atoms with van der Waals surface area (Å²) in [6.45, 7) is 0. The minimum Gasteiger partial charge on any atom is -0.478 e. The summed E-state index contributed by atoms with van der Waals surface area (Å²) < 4.78 is 4.99. The lowest BCUT2D eigenvalue weighted by molar-refractivity contribution is 0.0697. The smallest absolute Gasteiger partial charge is 0.335 e. The molecule has 1 heterocycles. The number of rotatable bonds is 1. The van der Waals surface area contributed by atoms with Crippen molar-refractivity contribution in [1.29, 1.82) is 5.26 Å². The minimum atomic E-state index is -1.03. The Morgan fingerprint density at radius 3 is 3.00 bits per heavy atom. The van der Waals surface area contributed by atoms with Crippen molar-refractivity contribution in [3.8, 4) is 6.07 Å². The predicted octanol–water partition coefficient (Wildman–Crippen LogP) is 1.40. The van der Waals surface area contributed by atoms with Crippen LogP contribution in [0.3, 0.4) is 0 Å². The highest BCUT2D eigenvalue weighted by Gasteiger charge is 2.08. The van der Waals surface area contributed by atoms with Crippen LogP contribution in [-0.4, -0.2) is 16.1 Å². The number of benzene rings is 1. The van der Waals surface area contributed by atoms with Gasteiger partial charge in [-0.1, -0.05) is 0 Å². The van der Waals surface area contributed by atoms with E-state index < -0.39 is 5.97 Å². The number of fused-ring (bicyclic) bond motifs is 1. The van der Waals surface area contributed by atoms with Crippen molar-refractivity contribution in [2.24, 2.45) is 0 Å². The van der Waals surface area contributed by atoms with Crippen molar-refractivity contribution in [1.82, 2.24) is 4.98 Å². The van der Waals surface area contributed by atoms with Gasteiger partial charge in [-0.25, -0.2) is 4.79 Å². The second kappa shape index (κ2) is 2.85. The van der Waals surface area contributed by atoms with E-state index in [4.69, 9.17) is 14.8 Å². The molecule has 0 spiro atoms. The van der Waals surface area contributed by atoms with E-state index in [0.29, 0.717) is 11.1 Å². The van der Waals surface area contributed by atoms with E-state index in [0.717, 1.165) is 0 Å². The Kier molecular flexibility index (Phi) is 1.68. The van der Waals surface area contributed by atoms with Gasteiger partial charge in [-0.3, -0.25) is 0 Å². The van der Waals surface area contributed by atoms with Gasteiger partial charge in [0, 0.05) is 0 Å². The number of carbonyl (C=O) groups is 1. The van der Waals surface area contributed by atoms with Gasteiger partial charge in [0.2, 0.25) is 0 Å². The van der Waals surface area contributed by atoms with Crippen LogP contribution in [0.15, 0.2) is 22.6 Å². The van der Waals surface area contributed by atoms with E-state index in [1.165, 1.54) is 18.2 Å². The molecule has 2 aromatic rings. The summed E-state index contributed by atoms with van der Waals surface area (Å²) in [4.78, 5) is 14.4. The van der Waals surface area contributed by atoms with Crippen LogP contribution in [-0.2, 0) is 0 Å². The highest BCUT2D eigenvalue weighted by molar-refractivity contribution is 5.91. The molecule has 5 nitrogen and oxygen atoms in total. The lowest BCUT2D eigenvalue weighted by atomic mass is 10.2. The quantitative estimate of drug-likeness (QED) is 0.730. The number of carboxylic acids is 1. The van der Waals surface area contributed by atoms with Crippen LogP contribution >= 0.6 is 0 Å². The maximum atomic E-state index is 10.6. The summed E-state index contributed by atoms with van der Waals surface area (Å²) in [6.07, 6.45) is 0. The van der Waals surface area contributed by atoms with Gasteiger partial charge in [0.15, 0.2) is 11.7 Å². The molecule has 0 atom stereocenters. The first-order valence-electron chi connectivity index (χ1n) is 3.74. The van der Waals surface area contributed by atoms with E-state index in [-0.39, 0.29) is 11.5 Å². The summed E-state index contributed by atoms with van der Waals surface area (Å²) in [5.74, 6) is -1.10. The third-order valence-electron chi connectivity index (χ3n) is 1.73. The van der Waals surface area contributed by atoms with Gasteiger partial charge in [-0.05, 0) is 18.2 Å². The molecule has 14 heavy (non-hydrogen) atoms. The number of aromatic nitrogens is 1. The zero-order valence-corrected chi connectivity index (χ0v) is 6.89. The number of nitrogens with zero attached hydrogens (tertiary/aromatic N) is 2. The first kappa shape index (κ1) is 8.26. The third-order valence-corrected chi connectivity index (χ3v) is 1.73. The summed E-state index contributed by atoms with van der Waals surface area (Å²) in [6, 6.07) is 5.98. The Balaban J connectivity index is 2.66. The van der Waals surface area contributed by atoms with Crippen LogP contribution in [0.5, 0.6) is 0 Å². The van der Waals surface area contributed by atoms with E-state index in [2.05, 4.69) is 4.98 Å². The van der Waals surface area contributed by atoms with Crippen molar-refractivity contribution in [3.05, 3.63) is 29.7 Å². The van der Waals surface area contributed by atoms with E-state index in [9.17, 15) is 4.79 Å². The molecule has 0 unspecified atom stereocenters. The van der Waals surface area contributed by atoms with Crippen LogP contribution in [0.4, 0.5) is 0 Å². The fraction of sp³-hybridized carbons (Fsp3) is 0. The van der Waals surface area contributed by atoms with E-state index in [1.54, 1.807) is 6.07 Å². The van der Waals surface area contributed by atoms with E-state index >= 15 is 0 Å². The molecule has 0 bridgehead atoms. The molecular weight excluding hydrogens is 184 g/mol. The second-order valence-corrected chi connectivity index (χ2v) is 2.62. The Bertz CT molecular complexity index is 551. The summed E-state index contributed by atoms with van der Waals surface area (Å²) >= 11 is 0. The Labute approximate surface area is 78.2 Å². The maximum absolute atomic E-state index is 10.6. The summed E-state index contributed by atoms with van der Waals surface area (Å²) in [5, 5.41) is 17.2. The average molecular weight is 188 g/mol. The van der Waals surface area contributed by atoms with Crippen LogP contribution < -0.4 is 0 Å². The summed E-state index contributed by atoms with van der Waals surface area (Å²) in [7, 11) is 0. The Morgan fingerprint density at radius 2 is 2.36 bits per heavy atom. The molecule has 0 aliphatic rings. The van der Waals surface area contributed by atoms with Crippen LogP contribution in [0.1, 0.15) is 16.2 Å². The number of nitriles is 1. The van der Waals surface area contributed by atoms with Crippen LogP contribution in [0.25, 0.3) is 11.1 Å². The van der Waals surface area contributed by atoms with Gasteiger partial charge >= 0.3 is 11.9 Å². The summed E-state index contributed by atoms with van der Waals surface area (Å²) in [5.41, 5.74) is 0.906. The van der Waals surface area contributed by atoms with Gasteiger partial charge in [0.05, 0.1) is 5.56 Å². The third kappa shape index (κ3) is 1.19. The van der Waals surface area contributed by atoms with E-state index in [1.807, 2.05) is 0 Å². The van der Waals surface area contributed by atoms with Crippen molar-refractivity contribution in [3.63, 3.8) is 0 Å². The van der Waals surface area contributed by atoms with Crippen LogP contribution in [0, 0.1) is 11.3 Å². The number of carboxylic acid groups (broad SMARTS) is 1. The monoisotopic (exact) mass is 188 g/mol. The molecular formula is C9H4N2O3.